The normalized spacial score (nSPS) is 13.7. The number of aryl methyl sites for hydroxylation is 2. The van der Waals surface area contributed by atoms with Crippen LogP contribution in [0.4, 0.5) is 38.5 Å². The average molecular weight is 1250 g/mol. The van der Waals surface area contributed by atoms with Crippen LogP contribution in [-0.4, -0.2) is 16.7 Å². The summed E-state index contributed by atoms with van der Waals surface area (Å²) in [6.45, 7) is 32.2. The van der Waals surface area contributed by atoms with Crippen molar-refractivity contribution in [2.24, 2.45) is 0 Å². The fourth-order valence-electron chi connectivity index (χ4n) is 11.3. The summed E-state index contributed by atoms with van der Waals surface area (Å²) in [5.74, 6) is -0.275. The van der Waals surface area contributed by atoms with E-state index in [4.69, 9.17) is 4.98 Å². The first-order valence-corrected chi connectivity index (χ1v) is 28.9. The Labute approximate surface area is 490 Å². The maximum atomic E-state index is 12.7. The van der Waals surface area contributed by atoms with Crippen LogP contribution in [0.5, 0.6) is 0 Å². The summed E-state index contributed by atoms with van der Waals surface area (Å²) < 4.78 is 12.7. The Morgan fingerprint density at radius 1 is 0.481 bits per heavy atom. The monoisotopic (exact) mass is 1250 g/mol. The number of hydrogen-bond acceptors (Lipinski definition) is 6. The fourth-order valence-corrected chi connectivity index (χ4v) is 13.6. The van der Waals surface area contributed by atoms with Crippen LogP contribution >= 0.6 is 23.5 Å². The van der Waals surface area contributed by atoms with E-state index in [1.807, 2.05) is 68.0 Å². The second-order valence-corrected chi connectivity index (χ2v) is 27.9. The third-order valence-electron chi connectivity index (χ3n) is 16.0. The molecule has 0 fully saturated rings. The molecule has 9 heteroatoms. The van der Waals surface area contributed by atoms with Gasteiger partial charge in [-0.05, 0) is 157 Å². The molecule has 399 valence electrons. The molecule has 13 rings (SSSR count). The van der Waals surface area contributed by atoms with Gasteiger partial charge in [-0.2, -0.15) is 0 Å². The molecule has 4 aliphatic rings. The summed E-state index contributed by atoms with van der Waals surface area (Å²) in [6.07, 6.45) is 3.78. The van der Waals surface area contributed by atoms with Crippen LogP contribution in [0, 0.1) is 31.8 Å². The molecule has 0 saturated heterocycles. The van der Waals surface area contributed by atoms with Crippen LogP contribution in [0.2, 0.25) is 0 Å². The van der Waals surface area contributed by atoms with Gasteiger partial charge in [0.05, 0.1) is 22.7 Å². The number of halogens is 1. The molecule has 4 aliphatic heterocycles. The first kappa shape index (κ1) is 54.7. The van der Waals surface area contributed by atoms with Crippen LogP contribution in [0.25, 0.3) is 33.6 Å². The van der Waals surface area contributed by atoms with Crippen LogP contribution in [0.3, 0.4) is 0 Å². The van der Waals surface area contributed by atoms with Crippen LogP contribution in [-0.2, 0) is 41.8 Å². The fraction of sp³-hybridized carbons (Fsp3) is 0.257. The Morgan fingerprint density at radius 2 is 1.00 bits per heavy atom. The minimum absolute atomic E-state index is 0. The second kappa shape index (κ2) is 19.8. The van der Waals surface area contributed by atoms with E-state index >= 15 is 0 Å². The molecule has 0 aliphatic carbocycles. The summed E-state index contributed by atoms with van der Waals surface area (Å²) in [5.41, 5.74) is 25.4. The van der Waals surface area contributed by atoms with Gasteiger partial charge >= 0.3 is 0 Å². The van der Waals surface area contributed by atoms with Gasteiger partial charge in [0.25, 0.3) is 6.71 Å². The molecular weight excluding hydrogens is 1180 g/mol. The van der Waals surface area contributed by atoms with Crippen molar-refractivity contribution in [1.29, 1.82) is 0 Å². The zero-order valence-corrected chi connectivity index (χ0v) is 51.8. The zero-order valence-electron chi connectivity index (χ0n) is 47.8. The summed E-state index contributed by atoms with van der Waals surface area (Å²) in [5, 5.41) is 0. The van der Waals surface area contributed by atoms with Gasteiger partial charge in [0.15, 0.2) is 0 Å². The largest absolute Gasteiger partial charge is 0.309 e. The molecular formula is C70H66BFIrN4S2-2. The Kier molecular flexibility index (Phi) is 13.7. The van der Waals surface area contributed by atoms with Gasteiger partial charge in [0.2, 0.25) is 0 Å². The molecule has 0 saturated carbocycles. The molecule has 0 N–H and O–H groups in total. The number of anilines is 6. The van der Waals surface area contributed by atoms with Gasteiger partial charge in [0, 0.05) is 69.3 Å². The van der Waals surface area contributed by atoms with Crippen LogP contribution < -0.4 is 26.2 Å². The van der Waals surface area contributed by atoms with Gasteiger partial charge in [-0.3, -0.25) is 4.39 Å². The third-order valence-corrected chi connectivity index (χ3v) is 18.1. The zero-order chi connectivity index (χ0) is 55.0. The minimum Gasteiger partial charge on any atom is -0.309 e. The SMILES string of the molecule is CC(C)(C)c1ccc2c(c1)Sc1cc(C(C)(C)C)cc3c1N2c1cc(-c2ccnc(-c4[c-]cccc4)c2)cc2c1B3c1cc(C(C)(C)C)cc3c1N2c1ccc(C(C)(C)C)cc1S3.Cc1cnc(-c2[c-]cc(F)cc2)cc1C.[Ir]. The van der Waals surface area contributed by atoms with E-state index in [1.165, 1.54) is 116 Å². The molecule has 6 heterocycles. The van der Waals surface area contributed by atoms with Crippen molar-refractivity contribution in [3.8, 4) is 33.6 Å². The molecule has 1 radical (unpaired) electrons. The summed E-state index contributed by atoms with van der Waals surface area (Å²) in [6, 6.07) is 54.9. The maximum Gasteiger partial charge on any atom is 0.252 e. The van der Waals surface area contributed by atoms with E-state index in [1.54, 1.807) is 6.07 Å². The molecule has 2 aromatic heterocycles. The predicted molar refractivity (Wildman–Crippen MR) is 329 cm³/mol. The molecule has 79 heavy (non-hydrogen) atoms. The van der Waals surface area contributed by atoms with Crippen molar-refractivity contribution in [2.75, 3.05) is 9.80 Å². The first-order chi connectivity index (χ1) is 36.9. The van der Waals surface area contributed by atoms with E-state index in [-0.39, 0.29) is 54.3 Å². The molecule has 0 spiro atoms. The van der Waals surface area contributed by atoms with E-state index in [0.717, 1.165) is 33.6 Å². The van der Waals surface area contributed by atoms with Crippen molar-refractivity contribution in [3.63, 3.8) is 0 Å². The van der Waals surface area contributed by atoms with Crippen molar-refractivity contribution >= 4 is 80.7 Å². The van der Waals surface area contributed by atoms with Gasteiger partial charge in [0.1, 0.15) is 0 Å². The van der Waals surface area contributed by atoms with Crippen molar-refractivity contribution in [1.82, 2.24) is 9.97 Å². The number of aromatic nitrogens is 2. The summed E-state index contributed by atoms with van der Waals surface area (Å²) in [7, 11) is 0. The summed E-state index contributed by atoms with van der Waals surface area (Å²) >= 11 is 3.91. The molecule has 0 atom stereocenters. The molecule has 0 amide bonds. The number of pyridine rings is 2. The van der Waals surface area contributed by atoms with Gasteiger partial charge < -0.3 is 19.8 Å². The van der Waals surface area contributed by atoms with E-state index < -0.39 is 0 Å². The first-order valence-electron chi connectivity index (χ1n) is 27.2. The van der Waals surface area contributed by atoms with Gasteiger partial charge in [-0.15, -0.1) is 65.7 Å². The number of benzene rings is 7. The van der Waals surface area contributed by atoms with Gasteiger partial charge in [-0.25, -0.2) is 0 Å². The predicted octanol–water partition coefficient (Wildman–Crippen LogP) is 17.7. The minimum atomic E-state index is -0.275. The van der Waals surface area contributed by atoms with Gasteiger partial charge in [-0.1, -0.05) is 149 Å². The molecule has 0 bridgehead atoms. The smallest absolute Gasteiger partial charge is 0.252 e. The molecule has 9 aromatic rings. The van der Waals surface area contributed by atoms with Crippen LogP contribution in [0.1, 0.15) is 116 Å². The molecule has 7 aromatic carbocycles. The van der Waals surface area contributed by atoms with Crippen molar-refractivity contribution in [2.45, 2.75) is 138 Å². The van der Waals surface area contributed by atoms with Crippen molar-refractivity contribution < 1.29 is 24.5 Å². The number of hydrogen-bond donors (Lipinski definition) is 0. The quantitative estimate of drug-likeness (QED) is 0.129. The average Bonchev–Trinajstić information content (AvgIpc) is 2.32. The van der Waals surface area contributed by atoms with Crippen LogP contribution in [0.15, 0.2) is 165 Å². The van der Waals surface area contributed by atoms with E-state index in [0.29, 0.717) is 0 Å². The number of fused-ring (bicyclic) bond motifs is 8. The van der Waals surface area contributed by atoms with E-state index in [9.17, 15) is 4.39 Å². The number of rotatable bonds is 3. The molecule has 4 nitrogen and oxygen atoms in total. The maximum absolute atomic E-state index is 12.7. The third kappa shape index (κ3) is 9.81. The summed E-state index contributed by atoms with van der Waals surface area (Å²) in [4.78, 5) is 19.7. The Morgan fingerprint density at radius 3 is 1.48 bits per heavy atom. The Bertz CT molecular complexity index is 3740. The topological polar surface area (TPSA) is 32.3 Å². The second-order valence-electron chi connectivity index (χ2n) is 25.7. The Hall–Kier alpha value is -6.22. The molecule has 0 unspecified atom stereocenters. The van der Waals surface area contributed by atoms with E-state index in [2.05, 4.69) is 207 Å². The standard InChI is InChI=1S/C57H55BN3S2.C13H11FN.Ir/c1-54(2,3)36-18-20-43-47(29-36)62-49-31-38(56(7,8)9)27-40-52(49)60(43)45-25-35(34-22-23-59-42(24-34)33-16-14-13-15-17-33)26-46-51(45)58(40)41-28-39(57(10,11)12)32-50-53(41)61(46)44-21-19-37(55(4,5)6)30-48(44)63-50;1-9-7-13(15-8-10(9)2)11-3-5-12(14)6-4-11;/h13-16,18-32H,1-12H3;3,5-8H,1-2H3;/q2*-1;. The Balaban J connectivity index is 0.000000357. The van der Waals surface area contributed by atoms with Crippen molar-refractivity contribution in [3.05, 3.63) is 197 Å². The number of nitrogens with zero attached hydrogens (tertiary/aromatic N) is 4.